The SMILES string of the molecule is CCCC/C=C\CCCCCCCC(=O)NC(COP(=O)([O-])OCC[N+](C)(C)C)C(/C=C\CCCCCCCCCCCCC)OC(=O)CCCCCCCCCCCCC/C=C\C/C=C\C/C=C\C/C=C\CCCCC. The van der Waals surface area contributed by atoms with Crippen molar-refractivity contribution in [2.24, 2.45) is 0 Å². The second-order valence-corrected chi connectivity index (χ2v) is 24.3. The van der Waals surface area contributed by atoms with E-state index in [4.69, 9.17) is 13.8 Å². The fraction of sp³-hybridized carbons (Fsp3) is 0.791. The van der Waals surface area contributed by atoms with E-state index in [0.29, 0.717) is 17.4 Å². The van der Waals surface area contributed by atoms with E-state index in [1.165, 1.54) is 154 Å². The number of rotatable bonds is 58. The van der Waals surface area contributed by atoms with Gasteiger partial charge in [0, 0.05) is 12.8 Å². The number of amides is 1. The number of carbonyl (C=O) groups excluding carboxylic acids is 2. The van der Waals surface area contributed by atoms with Crippen LogP contribution in [0.15, 0.2) is 72.9 Å². The molecule has 10 heteroatoms. The highest BCUT2D eigenvalue weighted by molar-refractivity contribution is 7.45. The standard InChI is InChI=1S/C67H123N2O7P/c1-7-10-13-16-19-22-25-27-28-29-30-31-32-33-34-35-36-37-38-39-40-42-45-48-51-54-57-60-67(71)76-65(58-55-52-49-46-44-41-26-23-20-17-14-11-8-2)64(63-75-77(72,73)74-62-61-69(4,5)6)68-66(70)59-56-53-50-47-43-24-21-18-15-12-9-3/h18-19,21-22,27-28,30-31,33-34,55,58,64-65H,7-17,20,23-26,29,32,35-54,56-57,59-63H2,1-6H3,(H-,68,70,72,73)/b21-18-,22-19-,28-27-,31-30-,34-33-,58-55-. The number of ether oxygens (including phenoxy) is 1. The number of esters is 1. The molecule has 0 bridgehead atoms. The lowest BCUT2D eigenvalue weighted by Gasteiger charge is -2.30. The molecule has 3 unspecified atom stereocenters. The quantitative estimate of drug-likeness (QED) is 0.0212. The molecular formula is C67H123N2O7P. The number of hydrogen-bond donors (Lipinski definition) is 1. The fourth-order valence-corrected chi connectivity index (χ4v) is 9.80. The summed E-state index contributed by atoms with van der Waals surface area (Å²) in [7, 11) is 1.18. The van der Waals surface area contributed by atoms with Crippen LogP contribution in [0.1, 0.15) is 290 Å². The maximum atomic E-state index is 13.5. The van der Waals surface area contributed by atoms with Crippen LogP contribution < -0.4 is 10.2 Å². The van der Waals surface area contributed by atoms with Gasteiger partial charge in [-0.2, -0.15) is 0 Å². The third kappa shape index (κ3) is 57.9. The number of nitrogens with zero attached hydrogens (tertiary/aromatic N) is 1. The number of carbonyl (C=O) groups is 2. The summed E-state index contributed by atoms with van der Waals surface area (Å²) < 4.78 is 30.3. The van der Waals surface area contributed by atoms with E-state index in [1.54, 1.807) is 0 Å². The van der Waals surface area contributed by atoms with Crippen LogP contribution in [0.25, 0.3) is 0 Å². The molecular weight excluding hydrogens is 976 g/mol. The van der Waals surface area contributed by atoms with Gasteiger partial charge in [0.15, 0.2) is 0 Å². The lowest BCUT2D eigenvalue weighted by atomic mass is 10.0. The highest BCUT2D eigenvalue weighted by atomic mass is 31.2. The molecule has 0 heterocycles. The highest BCUT2D eigenvalue weighted by Gasteiger charge is 2.27. The molecule has 1 amide bonds. The molecule has 0 saturated carbocycles. The van der Waals surface area contributed by atoms with Gasteiger partial charge in [-0.15, -0.1) is 0 Å². The zero-order chi connectivity index (χ0) is 56.4. The molecule has 0 aromatic carbocycles. The minimum absolute atomic E-state index is 0.0258. The summed E-state index contributed by atoms with van der Waals surface area (Å²) in [5.41, 5.74) is 0. The van der Waals surface area contributed by atoms with Crippen LogP contribution >= 0.6 is 7.82 Å². The zero-order valence-electron chi connectivity index (χ0n) is 51.2. The lowest BCUT2D eigenvalue weighted by Crippen LogP contribution is -2.47. The van der Waals surface area contributed by atoms with Crippen molar-refractivity contribution in [3.8, 4) is 0 Å². The van der Waals surface area contributed by atoms with E-state index in [-0.39, 0.29) is 24.9 Å². The summed E-state index contributed by atoms with van der Waals surface area (Å²) in [6.07, 6.45) is 73.0. The second kappa shape index (κ2) is 56.7. The summed E-state index contributed by atoms with van der Waals surface area (Å²) in [4.78, 5) is 39.9. The molecule has 0 saturated heterocycles. The average molecular weight is 1100 g/mol. The lowest BCUT2D eigenvalue weighted by molar-refractivity contribution is -0.870. The highest BCUT2D eigenvalue weighted by Crippen LogP contribution is 2.38. The first kappa shape index (κ1) is 74.5. The van der Waals surface area contributed by atoms with E-state index in [0.717, 1.165) is 103 Å². The Morgan fingerprint density at radius 3 is 1.26 bits per heavy atom. The van der Waals surface area contributed by atoms with Crippen LogP contribution in [-0.2, 0) is 27.9 Å². The van der Waals surface area contributed by atoms with Gasteiger partial charge in [-0.25, -0.2) is 0 Å². The number of phosphoric ester groups is 1. The number of likely N-dealkylation sites (N-methyl/N-ethyl adjacent to an activating group) is 1. The van der Waals surface area contributed by atoms with E-state index >= 15 is 0 Å². The van der Waals surface area contributed by atoms with Crippen molar-refractivity contribution in [3.05, 3.63) is 72.9 Å². The van der Waals surface area contributed by atoms with E-state index in [2.05, 4.69) is 86.8 Å². The molecule has 0 spiro atoms. The van der Waals surface area contributed by atoms with Crippen molar-refractivity contribution in [3.63, 3.8) is 0 Å². The van der Waals surface area contributed by atoms with Gasteiger partial charge in [0.25, 0.3) is 7.82 Å². The third-order valence-electron chi connectivity index (χ3n) is 14.1. The van der Waals surface area contributed by atoms with Crippen molar-refractivity contribution in [1.82, 2.24) is 5.32 Å². The van der Waals surface area contributed by atoms with Gasteiger partial charge in [-0.1, -0.05) is 255 Å². The van der Waals surface area contributed by atoms with E-state index in [1.807, 2.05) is 33.3 Å². The van der Waals surface area contributed by atoms with Crippen molar-refractivity contribution in [2.45, 2.75) is 303 Å². The maximum Gasteiger partial charge on any atom is 0.306 e. The fourth-order valence-electron chi connectivity index (χ4n) is 9.08. The maximum absolute atomic E-state index is 13.5. The van der Waals surface area contributed by atoms with Gasteiger partial charge in [-0.05, 0) is 96.0 Å². The number of quaternary nitrogens is 1. The van der Waals surface area contributed by atoms with Crippen LogP contribution in [0.2, 0.25) is 0 Å². The van der Waals surface area contributed by atoms with Crippen LogP contribution in [0.3, 0.4) is 0 Å². The molecule has 0 aliphatic rings. The summed E-state index contributed by atoms with van der Waals surface area (Å²) in [6, 6.07) is -0.895. The molecule has 0 aromatic rings. The molecule has 0 aliphatic carbocycles. The van der Waals surface area contributed by atoms with Gasteiger partial charge < -0.3 is 28.5 Å². The van der Waals surface area contributed by atoms with Gasteiger partial charge in [0.05, 0.1) is 33.8 Å². The number of unbranched alkanes of at least 4 members (excludes halogenated alkanes) is 32. The Morgan fingerprint density at radius 1 is 0.455 bits per heavy atom. The number of phosphoric acid groups is 1. The predicted molar refractivity (Wildman–Crippen MR) is 330 cm³/mol. The minimum atomic E-state index is -4.70. The Morgan fingerprint density at radius 2 is 0.805 bits per heavy atom. The predicted octanol–water partition coefficient (Wildman–Crippen LogP) is 19.4. The monoisotopic (exact) mass is 1100 g/mol. The average Bonchev–Trinajstić information content (AvgIpc) is 3.39. The van der Waals surface area contributed by atoms with Crippen LogP contribution in [-0.4, -0.2) is 69.4 Å². The molecule has 3 atom stereocenters. The molecule has 9 nitrogen and oxygen atoms in total. The van der Waals surface area contributed by atoms with Gasteiger partial charge in [0.1, 0.15) is 19.3 Å². The smallest absolute Gasteiger partial charge is 0.306 e. The van der Waals surface area contributed by atoms with E-state index < -0.39 is 26.6 Å². The zero-order valence-corrected chi connectivity index (χ0v) is 52.0. The molecule has 0 radical (unpaired) electrons. The molecule has 77 heavy (non-hydrogen) atoms. The Kier molecular flexibility index (Phi) is 54.8. The number of nitrogens with one attached hydrogen (secondary N) is 1. The van der Waals surface area contributed by atoms with Crippen molar-refractivity contribution in [1.29, 1.82) is 0 Å². The Labute approximate surface area is 476 Å². The molecule has 0 aliphatic heterocycles. The Balaban J connectivity index is 5.06. The molecule has 0 rings (SSSR count). The third-order valence-corrected chi connectivity index (χ3v) is 15.1. The number of hydrogen-bond acceptors (Lipinski definition) is 7. The summed E-state index contributed by atoms with van der Waals surface area (Å²) in [6.45, 7) is 6.78. The van der Waals surface area contributed by atoms with Gasteiger partial charge in [-0.3, -0.25) is 14.2 Å². The topological polar surface area (TPSA) is 114 Å². The second-order valence-electron chi connectivity index (χ2n) is 22.9. The summed E-state index contributed by atoms with van der Waals surface area (Å²) in [5.74, 6) is -0.553. The van der Waals surface area contributed by atoms with Crippen LogP contribution in [0.4, 0.5) is 0 Å². The molecule has 448 valence electrons. The van der Waals surface area contributed by atoms with Crippen molar-refractivity contribution in [2.75, 3.05) is 40.9 Å². The summed E-state index contributed by atoms with van der Waals surface area (Å²) >= 11 is 0. The molecule has 0 aromatic heterocycles. The van der Waals surface area contributed by atoms with Gasteiger partial charge in [0.2, 0.25) is 5.91 Å². The van der Waals surface area contributed by atoms with Crippen molar-refractivity contribution < 1.29 is 37.3 Å². The molecule has 0 fully saturated rings. The van der Waals surface area contributed by atoms with Crippen molar-refractivity contribution >= 4 is 19.7 Å². The normalized spacial score (nSPS) is 14.1. The van der Waals surface area contributed by atoms with Crippen LogP contribution in [0.5, 0.6) is 0 Å². The Bertz CT molecular complexity index is 1550. The van der Waals surface area contributed by atoms with E-state index in [9.17, 15) is 19.0 Å². The first-order chi connectivity index (χ1) is 37.4. The molecule has 1 N–H and O–H groups in total. The number of allylic oxidation sites excluding steroid dienone is 11. The first-order valence-corrected chi connectivity index (χ1v) is 33.7. The largest absolute Gasteiger partial charge is 0.756 e. The first-order valence-electron chi connectivity index (χ1n) is 32.2. The minimum Gasteiger partial charge on any atom is -0.756 e. The van der Waals surface area contributed by atoms with Crippen LogP contribution in [0, 0.1) is 0 Å². The Hall–Kier alpha value is -2.55. The summed E-state index contributed by atoms with van der Waals surface area (Å²) in [5, 5.41) is 3.02. The van der Waals surface area contributed by atoms with Gasteiger partial charge >= 0.3 is 5.97 Å².